The zero-order valence-corrected chi connectivity index (χ0v) is 16.4. The normalized spacial score (nSPS) is 24.7. The predicted octanol–water partition coefficient (Wildman–Crippen LogP) is 4.69. The highest BCUT2D eigenvalue weighted by Gasteiger charge is 2.37. The van der Waals surface area contributed by atoms with Crippen molar-refractivity contribution in [2.45, 2.75) is 134 Å². The molecule has 3 N–H and O–H groups in total. The van der Waals surface area contributed by atoms with Crippen LogP contribution in [0.4, 0.5) is 0 Å². The Morgan fingerprint density at radius 1 is 0.760 bits per heavy atom. The first-order valence-electron chi connectivity index (χ1n) is 10.8. The molecular weight excluding hydrogens is 316 g/mol. The van der Waals surface area contributed by atoms with Crippen molar-refractivity contribution in [2.75, 3.05) is 0 Å². The lowest BCUT2D eigenvalue weighted by Crippen LogP contribution is -2.34. The average molecular weight is 359 g/mol. The maximum absolute atomic E-state index is 10.0. The molecule has 150 valence electrons. The smallest absolute Gasteiger partial charge is 0.157 e. The number of aliphatic hydroxyl groups excluding tert-OH is 3. The van der Waals surface area contributed by atoms with E-state index in [4.69, 9.17) is 4.74 Å². The summed E-state index contributed by atoms with van der Waals surface area (Å²) in [7, 11) is 0. The van der Waals surface area contributed by atoms with Gasteiger partial charge in [0.2, 0.25) is 0 Å². The van der Waals surface area contributed by atoms with Crippen LogP contribution in [-0.4, -0.2) is 39.9 Å². The lowest BCUT2D eigenvalue weighted by molar-refractivity contribution is -0.131. The summed E-state index contributed by atoms with van der Waals surface area (Å²) >= 11 is 0. The quantitative estimate of drug-likeness (QED) is 0.350. The van der Waals surface area contributed by atoms with Crippen LogP contribution in [0.15, 0.2) is 0 Å². The Balaban J connectivity index is 1.80. The molecule has 25 heavy (non-hydrogen) atoms. The van der Waals surface area contributed by atoms with Crippen molar-refractivity contribution in [1.29, 1.82) is 0 Å². The first kappa shape index (κ1) is 22.9. The summed E-state index contributed by atoms with van der Waals surface area (Å²) in [6, 6.07) is 0. The fourth-order valence-electron chi connectivity index (χ4n) is 3.73. The molecular formula is C21H42O4. The number of hydrogen-bond donors (Lipinski definition) is 3. The van der Waals surface area contributed by atoms with Crippen molar-refractivity contribution in [1.82, 2.24) is 0 Å². The molecule has 0 saturated carbocycles. The lowest BCUT2D eigenvalue weighted by atomic mass is 10.0. The van der Waals surface area contributed by atoms with Gasteiger partial charge in [-0.25, -0.2) is 0 Å². The van der Waals surface area contributed by atoms with E-state index in [0.717, 1.165) is 12.8 Å². The van der Waals surface area contributed by atoms with E-state index in [9.17, 15) is 15.3 Å². The Kier molecular flexibility index (Phi) is 13.7. The topological polar surface area (TPSA) is 69.9 Å². The first-order chi connectivity index (χ1) is 12.1. The van der Waals surface area contributed by atoms with Gasteiger partial charge in [0, 0.05) is 6.42 Å². The van der Waals surface area contributed by atoms with Crippen LogP contribution < -0.4 is 0 Å². The van der Waals surface area contributed by atoms with Crippen LogP contribution in [0.3, 0.4) is 0 Å². The predicted molar refractivity (Wildman–Crippen MR) is 102 cm³/mol. The van der Waals surface area contributed by atoms with Gasteiger partial charge in [-0.3, -0.25) is 0 Å². The fourth-order valence-corrected chi connectivity index (χ4v) is 3.73. The van der Waals surface area contributed by atoms with Gasteiger partial charge in [0.15, 0.2) is 6.29 Å². The van der Waals surface area contributed by atoms with Crippen molar-refractivity contribution >= 4 is 0 Å². The van der Waals surface area contributed by atoms with Crippen LogP contribution in [-0.2, 0) is 4.74 Å². The van der Waals surface area contributed by atoms with Crippen LogP contribution in [0.1, 0.15) is 110 Å². The van der Waals surface area contributed by atoms with Crippen LogP contribution in [0, 0.1) is 0 Å². The average Bonchev–Trinajstić information content (AvgIpc) is 2.93. The summed E-state index contributed by atoms with van der Waals surface area (Å²) in [6.45, 7) is 2.27. The van der Waals surface area contributed by atoms with Gasteiger partial charge in [-0.05, 0) is 6.42 Å². The molecule has 0 spiro atoms. The Morgan fingerprint density at radius 2 is 1.20 bits per heavy atom. The second-order valence-electron chi connectivity index (χ2n) is 7.81. The molecule has 0 aliphatic carbocycles. The third-order valence-corrected chi connectivity index (χ3v) is 5.37. The number of unbranched alkanes of at least 4 members (excludes halogenated alkanes) is 13. The number of ether oxygens (including phenoxy) is 1. The monoisotopic (exact) mass is 358 g/mol. The van der Waals surface area contributed by atoms with Crippen LogP contribution in [0.25, 0.3) is 0 Å². The van der Waals surface area contributed by atoms with Crippen LogP contribution >= 0.6 is 0 Å². The highest BCUT2D eigenvalue weighted by Crippen LogP contribution is 2.24. The standard InChI is InChI=1S/C21H42O4/c1-2-3-4-5-6-7-8-9-10-11-12-13-14-15-16-18(22)21-19(23)17-20(24)25-21/h18-24H,2-17H2,1H3/t18?,19-,20?,21-/m1/s1. The molecule has 0 aromatic rings. The van der Waals surface area contributed by atoms with E-state index in [1.807, 2.05) is 0 Å². The molecule has 1 aliphatic heterocycles. The summed E-state index contributed by atoms with van der Waals surface area (Å²) < 4.78 is 5.16. The van der Waals surface area contributed by atoms with Crippen molar-refractivity contribution in [3.05, 3.63) is 0 Å². The minimum absolute atomic E-state index is 0.209. The maximum atomic E-state index is 10.0. The van der Waals surface area contributed by atoms with E-state index in [2.05, 4.69) is 6.92 Å². The van der Waals surface area contributed by atoms with Crippen molar-refractivity contribution < 1.29 is 20.1 Å². The fraction of sp³-hybridized carbons (Fsp3) is 1.00. The molecule has 1 heterocycles. The summed E-state index contributed by atoms with van der Waals surface area (Å²) in [5, 5.41) is 29.1. The van der Waals surface area contributed by atoms with Gasteiger partial charge in [0.05, 0.1) is 12.2 Å². The number of rotatable bonds is 16. The molecule has 4 atom stereocenters. The molecule has 2 unspecified atom stereocenters. The van der Waals surface area contributed by atoms with Crippen molar-refractivity contribution in [2.24, 2.45) is 0 Å². The van der Waals surface area contributed by atoms with Gasteiger partial charge in [0.25, 0.3) is 0 Å². The first-order valence-corrected chi connectivity index (χ1v) is 10.8. The Labute approximate surface area is 155 Å². The highest BCUT2D eigenvalue weighted by molar-refractivity contribution is 4.83. The molecule has 1 fully saturated rings. The molecule has 4 nitrogen and oxygen atoms in total. The Hall–Kier alpha value is -0.160. The van der Waals surface area contributed by atoms with Gasteiger partial charge in [-0.15, -0.1) is 0 Å². The largest absolute Gasteiger partial charge is 0.390 e. The van der Waals surface area contributed by atoms with E-state index >= 15 is 0 Å². The minimum atomic E-state index is -0.925. The number of hydrogen-bond acceptors (Lipinski definition) is 4. The van der Waals surface area contributed by atoms with Gasteiger partial charge < -0.3 is 20.1 Å². The summed E-state index contributed by atoms with van der Waals surface area (Å²) in [5.74, 6) is 0. The molecule has 0 aromatic carbocycles. The zero-order chi connectivity index (χ0) is 18.3. The van der Waals surface area contributed by atoms with E-state index < -0.39 is 24.6 Å². The Bertz CT molecular complexity index is 298. The highest BCUT2D eigenvalue weighted by atomic mass is 16.6. The van der Waals surface area contributed by atoms with Crippen molar-refractivity contribution in [3.63, 3.8) is 0 Å². The SMILES string of the molecule is CCCCCCCCCCCCCCCCC(O)[C@H]1OC(O)C[C@H]1O. The van der Waals surface area contributed by atoms with E-state index in [1.165, 1.54) is 77.0 Å². The summed E-state index contributed by atoms with van der Waals surface area (Å²) in [6.07, 6.45) is 16.4. The minimum Gasteiger partial charge on any atom is -0.390 e. The zero-order valence-electron chi connectivity index (χ0n) is 16.4. The second kappa shape index (κ2) is 15.0. The number of aliphatic hydroxyl groups is 3. The van der Waals surface area contributed by atoms with E-state index in [-0.39, 0.29) is 6.42 Å². The van der Waals surface area contributed by atoms with Gasteiger partial charge >= 0.3 is 0 Å². The second-order valence-corrected chi connectivity index (χ2v) is 7.81. The molecule has 0 bridgehead atoms. The maximum Gasteiger partial charge on any atom is 0.157 e. The molecule has 1 aliphatic rings. The van der Waals surface area contributed by atoms with Gasteiger partial charge in [-0.2, -0.15) is 0 Å². The van der Waals surface area contributed by atoms with Crippen LogP contribution in [0.5, 0.6) is 0 Å². The third-order valence-electron chi connectivity index (χ3n) is 5.37. The summed E-state index contributed by atoms with van der Waals surface area (Å²) in [5.41, 5.74) is 0. The van der Waals surface area contributed by atoms with E-state index in [1.54, 1.807) is 0 Å². The Morgan fingerprint density at radius 3 is 1.60 bits per heavy atom. The third kappa shape index (κ3) is 11.2. The molecule has 0 amide bonds. The molecule has 1 saturated heterocycles. The van der Waals surface area contributed by atoms with Crippen LogP contribution in [0.2, 0.25) is 0 Å². The van der Waals surface area contributed by atoms with Crippen molar-refractivity contribution in [3.8, 4) is 0 Å². The van der Waals surface area contributed by atoms with Gasteiger partial charge in [0.1, 0.15) is 6.10 Å². The summed E-state index contributed by atoms with van der Waals surface area (Å²) in [4.78, 5) is 0. The van der Waals surface area contributed by atoms with Gasteiger partial charge in [-0.1, -0.05) is 96.8 Å². The molecule has 0 radical (unpaired) electrons. The molecule has 1 rings (SSSR count). The molecule has 4 heteroatoms. The molecule has 0 aromatic heterocycles. The lowest BCUT2D eigenvalue weighted by Gasteiger charge is -2.20. The van der Waals surface area contributed by atoms with E-state index in [0.29, 0.717) is 6.42 Å².